The number of rotatable bonds is 3. The Bertz CT molecular complexity index is 531. The molecule has 1 aromatic heterocycles. The summed E-state index contributed by atoms with van der Waals surface area (Å²) in [5.74, 6) is -1.43. The molecule has 6 heteroatoms. The first-order valence-electron chi connectivity index (χ1n) is 4.72. The van der Waals surface area contributed by atoms with Crippen LogP contribution in [-0.4, -0.2) is 22.1 Å². The highest BCUT2D eigenvalue weighted by Crippen LogP contribution is 2.10. The molecular weight excluding hydrogens is 224 g/mol. The number of carboxylic acid groups (broad SMARTS) is 1. The minimum absolute atomic E-state index is 0.157. The summed E-state index contributed by atoms with van der Waals surface area (Å²) in [6.07, 6.45) is 1.29. The molecule has 0 fully saturated rings. The number of aromatic nitrogens is 1. The van der Waals surface area contributed by atoms with E-state index in [0.717, 1.165) is 0 Å². The number of hydrogen-bond acceptors (Lipinski definition) is 4. The van der Waals surface area contributed by atoms with Crippen molar-refractivity contribution in [3.63, 3.8) is 0 Å². The second kappa shape index (κ2) is 4.48. The van der Waals surface area contributed by atoms with E-state index in [1.54, 1.807) is 0 Å². The topological polar surface area (TPSA) is 92.4 Å². The summed E-state index contributed by atoms with van der Waals surface area (Å²) < 4.78 is 4.54. The molecule has 2 N–H and O–H groups in total. The molecule has 0 radical (unpaired) electrons. The maximum Gasteiger partial charge on any atom is 0.335 e. The van der Waals surface area contributed by atoms with Crippen LogP contribution in [0.15, 0.2) is 41.1 Å². The van der Waals surface area contributed by atoms with Crippen LogP contribution in [0.3, 0.4) is 0 Å². The fraction of sp³-hybridized carbons (Fsp3) is 0. The van der Waals surface area contributed by atoms with Crippen LogP contribution >= 0.6 is 0 Å². The van der Waals surface area contributed by atoms with E-state index in [1.165, 1.54) is 36.6 Å². The minimum atomic E-state index is -1.01. The lowest BCUT2D eigenvalue weighted by atomic mass is 10.2. The van der Waals surface area contributed by atoms with Crippen molar-refractivity contribution >= 4 is 17.6 Å². The molecule has 0 aliphatic rings. The molecule has 0 bridgehead atoms. The number of anilines is 1. The average Bonchev–Trinajstić information content (AvgIpc) is 2.83. The Hall–Kier alpha value is -2.63. The summed E-state index contributed by atoms with van der Waals surface area (Å²) in [5.41, 5.74) is 0.805. The van der Waals surface area contributed by atoms with Crippen molar-refractivity contribution < 1.29 is 19.2 Å². The molecular formula is C11H8N2O4. The SMILES string of the molecule is O=C(O)c1ccc(NC(=O)c2ccon2)cc1. The standard InChI is InChI=1S/C11H8N2O4/c14-10(9-5-6-17-13-9)12-8-3-1-7(2-4-8)11(15)16/h1-6H,(H,12,14)(H,15,16). The molecule has 0 saturated heterocycles. The zero-order valence-electron chi connectivity index (χ0n) is 8.58. The van der Waals surface area contributed by atoms with Crippen LogP contribution in [0.1, 0.15) is 20.8 Å². The third kappa shape index (κ3) is 2.49. The predicted octanol–water partition coefficient (Wildman–Crippen LogP) is 1.63. The second-order valence-corrected chi connectivity index (χ2v) is 3.22. The Balaban J connectivity index is 2.09. The Morgan fingerprint density at radius 1 is 1.18 bits per heavy atom. The lowest BCUT2D eigenvalue weighted by Gasteiger charge is -2.02. The third-order valence-corrected chi connectivity index (χ3v) is 2.06. The van der Waals surface area contributed by atoms with Crippen molar-refractivity contribution in [1.29, 1.82) is 0 Å². The van der Waals surface area contributed by atoms with Crippen molar-refractivity contribution in [3.05, 3.63) is 47.9 Å². The molecule has 0 atom stereocenters. The molecule has 1 amide bonds. The lowest BCUT2D eigenvalue weighted by molar-refractivity contribution is 0.0696. The molecule has 1 heterocycles. The fourth-order valence-corrected chi connectivity index (χ4v) is 1.22. The largest absolute Gasteiger partial charge is 0.478 e. The molecule has 0 unspecified atom stereocenters. The molecule has 2 aromatic rings. The number of hydrogen-bond donors (Lipinski definition) is 2. The number of carbonyl (C=O) groups excluding carboxylic acids is 1. The van der Waals surface area contributed by atoms with Gasteiger partial charge >= 0.3 is 5.97 Å². The van der Waals surface area contributed by atoms with E-state index >= 15 is 0 Å². The monoisotopic (exact) mass is 232 g/mol. The quantitative estimate of drug-likeness (QED) is 0.838. The van der Waals surface area contributed by atoms with Crippen LogP contribution < -0.4 is 5.32 Å². The van der Waals surface area contributed by atoms with Gasteiger partial charge in [0.1, 0.15) is 6.26 Å². The van der Waals surface area contributed by atoms with Crippen molar-refractivity contribution in [2.45, 2.75) is 0 Å². The van der Waals surface area contributed by atoms with E-state index in [-0.39, 0.29) is 11.3 Å². The Labute approximate surface area is 95.9 Å². The van der Waals surface area contributed by atoms with Crippen LogP contribution in [0.25, 0.3) is 0 Å². The van der Waals surface area contributed by atoms with Gasteiger partial charge in [-0.1, -0.05) is 5.16 Å². The third-order valence-electron chi connectivity index (χ3n) is 2.06. The summed E-state index contributed by atoms with van der Waals surface area (Å²) in [5, 5.41) is 14.7. The van der Waals surface area contributed by atoms with Gasteiger partial charge in [0, 0.05) is 11.8 Å². The lowest BCUT2D eigenvalue weighted by Crippen LogP contribution is -2.12. The van der Waals surface area contributed by atoms with Crippen LogP contribution in [0.5, 0.6) is 0 Å². The van der Waals surface area contributed by atoms with E-state index in [4.69, 9.17) is 5.11 Å². The average molecular weight is 232 g/mol. The molecule has 6 nitrogen and oxygen atoms in total. The maximum absolute atomic E-state index is 11.5. The first-order chi connectivity index (χ1) is 8.16. The van der Waals surface area contributed by atoms with Gasteiger partial charge in [-0.2, -0.15) is 0 Å². The molecule has 86 valence electrons. The molecule has 0 aliphatic carbocycles. The summed E-state index contributed by atoms with van der Waals surface area (Å²) in [6.45, 7) is 0. The molecule has 0 spiro atoms. The number of nitrogens with one attached hydrogen (secondary N) is 1. The Morgan fingerprint density at radius 2 is 1.88 bits per heavy atom. The molecule has 17 heavy (non-hydrogen) atoms. The van der Waals surface area contributed by atoms with Crippen molar-refractivity contribution in [1.82, 2.24) is 5.16 Å². The summed E-state index contributed by atoms with van der Waals surface area (Å²) in [6, 6.07) is 7.24. The summed E-state index contributed by atoms with van der Waals surface area (Å²) >= 11 is 0. The molecule has 1 aromatic carbocycles. The van der Waals surface area contributed by atoms with Crippen LogP contribution in [0, 0.1) is 0 Å². The number of amides is 1. The van der Waals surface area contributed by atoms with E-state index in [1.807, 2.05) is 0 Å². The summed E-state index contributed by atoms with van der Waals surface area (Å²) in [4.78, 5) is 22.2. The van der Waals surface area contributed by atoms with Crippen LogP contribution in [-0.2, 0) is 0 Å². The molecule has 2 rings (SSSR count). The zero-order chi connectivity index (χ0) is 12.3. The maximum atomic E-state index is 11.5. The normalized spacial score (nSPS) is 9.88. The van der Waals surface area contributed by atoms with Crippen LogP contribution in [0.2, 0.25) is 0 Å². The Morgan fingerprint density at radius 3 is 2.41 bits per heavy atom. The van der Waals surface area contributed by atoms with Gasteiger partial charge in [-0.25, -0.2) is 4.79 Å². The number of nitrogens with zero attached hydrogens (tertiary/aromatic N) is 1. The van der Waals surface area contributed by atoms with Gasteiger partial charge in [-0.15, -0.1) is 0 Å². The van der Waals surface area contributed by atoms with Crippen LogP contribution in [0.4, 0.5) is 5.69 Å². The smallest absolute Gasteiger partial charge is 0.335 e. The molecule has 0 aliphatic heterocycles. The highest BCUT2D eigenvalue weighted by Gasteiger charge is 2.09. The van der Waals surface area contributed by atoms with E-state index in [9.17, 15) is 9.59 Å². The highest BCUT2D eigenvalue weighted by atomic mass is 16.5. The second-order valence-electron chi connectivity index (χ2n) is 3.22. The first kappa shape index (κ1) is 10.9. The zero-order valence-corrected chi connectivity index (χ0v) is 8.58. The Kier molecular flexibility index (Phi) is 2.87. The minimum Gasteiger partial charge on any atom is -0.478 e. The van der Waals surface area contributed by atoms with Crippen molar-refractivity contribution in [3.8, 4) is 0 Å². The number of aromatic carboxylic acids is 1. The van der Waals surface area contributed by atoms with E-state index in [0.29, 0.717) is 5.69 Å². The van der Waals surface area contributed by atoms with E-state index < -0.39 is 11.9 Å². The van der Waals surface area contributed by atoms with Crippen molar-refractivity contribution in [2.24, 2.45) is 0 Å². The number of carbonyl (C=O) groups is 2. The summed E-state index contributed by atoms with van der Waals surface area (Å²) in [7, 11) is 0. The predicted molar refractivity (Wildman–Crippen MR) is 57.9 cm³/mol. The van der Waals surface area contributed by atoms with Gasteiger partial charge in [0.25, 0.3) is 5.91 Å². The van der Waals surface area contributed by atoms with Gasteiger partial charge in [0.2, 0.25) is 0 Å². The van der Waals surface area contributed by atoms with Gasteiger partial charge < -0.3 is 14.9 Å². The van der Waals surface area contributed by atoms with Gasteiger partial charge in [0.15, 0.2) is 5.69 Å². The van der Waals surface area contributed by atoms with Gasteiger partial charge in [-0.05, 0) is 24.3 Å². The molecule has 0 saturated carbocycles. The first-order valence-corrected chi connectivity index (χ1v) is 4.72. The fourth-order valence-electron chi connectivity index (χ4n) is 1.22. The number of benzene rings is 1. The number of carboxylic acids is 1. The highest BCUT2D eigenvalue weighted by molar-refractivity contribution is 6.02. The van der Waals surface area contributed by atoms with E-state index in [2.05, 4.69) is 15.0 Å². The van der Waals surface area contributed by atoms with Gasteiger partial charge in [0.05, 0.1) is 5.56 Å². The van der Waals surface area contributed by atoms with Crippen molar-refractivity contribution in [2.75, 3.05) is 5.32 Å². The van der Waals surface area contributed by atoms with Gasteiger partial charge in [-0.3, -0.25) is 4.79 Å².